The summed E-state index contributed by atoms with van der Waals surface area (Å²) in [6, 6.07) is 3.43. The summed E-state index contributed by atoms with van der Waals surface area (Å²) in [6.07, 6.45) is 4.23. The molecule has 7 nitrogen and oxygen atoms in total. The first-order chi connectivity index (χ1) is 14.4. The molecule has 0 radical (unpaired) electrons. The Kier molecular flexibility index (Phi) is 5.94. The van der Waals surface area contributed by atoms with Crippen LogP contribution in [0.1, 0.15) is 38.2 Å². The summed E-state index contributed by atoms with van der Waals surface area (Å²) >= 11 is 0. The van der Waals surface area contributed by atoms with Crippen LogP contribution in [0.25, 0.3) is 0 Å². The van der Waals surface area contributed by atoms with E-state index in [0.29, 0.717) is 43.6 Å². The highest BCUT2D eigenvalue weighted by atomic mass is 19.1. The summed E-state index contributed by atoms with van der Waals surface area (Å²) in [4.78, 5) is 15.7. The monoisotopic (exact) mass is 415 g/mol. The molecule has 0 spiro atoms. The fourth-order valence-corrected chi connectivity index (χ4v) is 4.52. The van der Waals surface area contributed by atoms with E-state index in [9.17, 15) is 9.18 Å². The van der Waals surface area contributed by atoms with Gasteiger partial charge in [-0.05, 0) is 43.4 Å². The molecule has 4 rings (SSSR count). The number of amidine groups is 1. The van der Waals surface area contributed by atoms with Gasteiger partial charge in [-0.25, -0.2) is 4.39 Å². The van der Waals surface area contributed by atoms with Gasteiger partial charge in [-0.1, -0.05) is 0 Å². The van der Waals surface area contributed by atoms with Crippen LogP contribution in [0.15, 0.2) is 23.4 Å². The van der Waals surface area contributed by atoms with Gasteiger partial charge in [0, 0.05) is 62.6 Å². The minimum Gasteiger partial charge on any atom is -0.396 e. The van der Waals surface area contributed by atoms with E-state index in [4.69, 9.17) is 15.9 Å². The fourth-order valence-electron chi connectivity index (χ4n) is 4.52. The van der Waals surface area contributed by atoms with Gasteiger partial charge in [-0.2, -0.15) is 0 Å². The van der Waals surface area contributed by atoms with Gasteiger partial charge in [0.25, 0.3) is 0 Å². The number of hydrogen-bond acceptors (Lipinski definition) is 5. The van der Waals surface area contributed by atoms with Gasteiger partial charge in [-0.3, -0.25) is 10.2 Å². The zero-order valence-electron chi connectivity index (χ0n) is 17.5. The van der Waals surface area contributed by atoms with Gasteiger partial charge in [0.2, 0.25) is 5.91 Å². The smallest absolute Gasteiger partial charge is 0.219 e. The second-order valence-corrected chi connectivity index (χ2v) is 8.28. The summed E-state index contributed by atoms with van der Waals surface area (Å²) in [5.74, 6) is -0.124. The number of fused-ring (bicyclic) bond motifs is 1. The minimum atomic E-state index is -0.461. The zero-order valence-corrected chi connectivity index (χ0v) is 17.5. The first-order valence-electron chi connectivity index (χ1n) is 10.7. The van der Waals surface area contributed by atoms with E-state index >= 15 is 0 Å². The molecule has 0 unspecified atom stereocenters. The highest BCUT2D eigenvalue weighted by molar-refractivity contribution is 6.09. The standard InChI is InChI=1S/C22H30FN5O2/c1-14(29)27-8-4-20(26-16-5-9-30-10-6-16)17(13-27)22(25)28-7-2-3-15-11-19(24)18(23)12-21(15)28/h11-12,16,25-26H,2-10,13,24H2,1H3. The summed E-state index contributed by atoms with van der Waals surface area (Å²) in [6.45, 7) is 4.70. The largest absolute Gasteiger partial charge is 0.396 e. The van der Waals surface area contributed by atoms with Gasteiger partial charge < -0.3 is 25.6 Å². The number of halogens is 1. The SMILES string of the molecule is CC(=O)N1CCC(NC2CCOCC2)=C(C(=N)N2CCCc3cc(N)c(F)cc32)C1. The average molecular weight is 416 g/mol. The average Bonchev–Trinajstić information content (AvgIpc) is 2.74. The van der Waals surface area contributed by atoms with Crippen molar-refractivity contribution < 1.29 is 13.9 Å². The summed E-state index contributed by atoms with van der Waals surface area (Å²) in [5, 5.41) is 12.7. The van der Waals surface area contributed by atoms with E-state index in [2.05, 4.69) is 5.32 Å². The Labute approximate surface area is 176 Å². The first-order valence-corrected chi connectivity index (χ1v) is 10.7. The Morgan fingerprint density at radius 1 is 1.27 bits per heavy atom. The lowest BCUT2D eigenvalue weighted by molar-refractivity contribution is -0.128. The number of ether oxygens (including phenoxy) is 1. The Hall–Kier alpha value is -2.61. The Morgan fingerprint density at radius 3 is 2.77 bits per heavy atom. The molecular formula is C22H30FN5O2. The van der Waals surface area contributed by atoms with Crippen LogP contribution >= 0.6 is 0 Å². The number of amides is 1. The number of anilines is 2. The van der Waals surface area contributed by atoms with Crippen LogP contribution in [0, 0.1) is 11.2 Å². The third kappa shape index (κ3) is 4.14. The lowest BCUT2D eigenvalue weighted by Crippen LogP contribution is -2.46. The number of carbonyl (C=O) groups is 1. The second-order valence-electron chi connectivity index (χ2n) is 8.28. The molecule has 1 aromatic rings. The van der Waals surface area contributed by atoms with Crippen molar-refractivity contribution in [3.63, 3.8) is 0 Å². The van der Waals surface area contributed by atoms with Crippen molar-refractivity contribution in [3.05, 3.63) is 34.8 Å². The van der Waals surface area contributed by atoms with Crippen molar-refractivity contribution in [3.8, 4) is 0 Å². The van der Waals surface area contributed by atoms with Gasteiger partial charge in [0.1, 0.15) is 11.7 Å². The maximum atomic E-state index is 14.2. The summed E-state index contributed by atoms with van der Waals surface area (Å²) < 4.78 is 19.7. The van der Waals surface area contributed by atoms with Gasteiger partial charge >= 0.3 is 0 Å². The molecule has 162 valence electrons. The lowest BCUT2D eigenvalue weighted by Gasteiger charge is -2.38. The number of rotatable bonds is 3. The Balaban J connectivity index is 1.66. The molecule has 0 saturated carbocycles. The van der Waals surface area contributed by atoms with Crippen molar-refractivity contribution in [1.82, 2.24) is 10.2 Å². The first kappa shape index (κ1) is 20.7. The molecule has 30 heavy (non-hydrogen) atoms. The van der Waals surface area contributed by atoms with E-state index in [1.54, 1.807) is 17.9 Å². The van der Waals surface area contributed by atoms with Crippen LogP contribution in [-0.2, 0) is 16.0 Å². The zero-order chi connectivity index (χ0) is 21.3. The molecule has 4 N–H and O–H groups in total. The Bertz CT molecular complexity index is 879. The number of nitrogens with two attached hydrogens (primary N) is 1. The van der Waals surface area contributed by atoms with E-state index in [-0.39, 0.29) is 11.6 Å². The summed E-state index contributed by atoms with van der Waals surface area (Å²) in [7, 11) is 0. The number of nitrogens with zero attached hydrogens (tertiary/aromatic N) is 2. The normalized spacial score (nSPS) is 20.2. The van der Waals surface area contributed by atoms with E-state index in [1.165, 1.54) is 6.07 Å². The lowest BCUT2D eigenvalue weighted by atomic mass is 9.97. The molecule has 0 aromatic heterocycles. The van der Waals surface area contributed by atoms with Crippen molar-refractivity contribution in [2.75, 3.05) is 43.5 Å². The van der Waals surface area contributed by atoms with Crippen molar-refractivity contribution in [2.24, 2.45) is 0 Å². The van der Waals surface area contributed by atoms with Crippen LogP contribution in [-0.4, -0.2) is 55.5 Å². The van der Waals surface area contributed by atoms with Crippen LogP contribution in [0.5, 0.6) is 0 Å². The molecule has 0 atom stereocenters. The van der Waals surface area contributed by atoms with Crippen molar-refractivity contribution in [2.45, 2.75) is 45.1 Å². The minimum absolute atomic E-state index is 0.00304. The third-order valence-electron chi connectivity index (χ3n) is 6.26. The molecule has 1 fully saturated rings. The molecule has 3 aliphatic rings. The molecule has 0 aliphatic carbocycles. The van der Waals surface area contributed by atoms with Gasteiger partial charge in [0.05, 0.1) is 12.2 Å². The predicted molar refractivity (Wildman–Crippen MR) is 115 cm³/mol. The predicted octanol–water partition coefficient (Wildman–Crippen LogP) is 2.41. The molecule has 1 aromatic carbocycles. The maximum absolute atomic E-state index is 14.2. The topological polar surface area (TPSA) is 94.7 Å². The number of benzene rings is 1. The highest BCUT2D eigenvalue weighted by Crippen LogP contribution is 2.33. The van der Waals surface area contributed by atoms with E-state index < -0.39 is 5.82 Å². The molecule has 1 saturated heterocycles. The quantitative estimate of drug-likeness (QED) is 0.400. The fraction of sp³-hybridized carbons (Fsp3) is 0.545. The summed E-state index contributed by atoms with van der Waals surface area (Å²) in [5.41, 5.74) is 9.41. The number of aryl methyl sites for hydroxylation is 1. The van der Waals surface area contributed by atoms with Crippen molar-refractivity contribution in [1.29, 1.82) is 5.41 Å². The second kappa shape index (κ2) is 8.63. The number of carbonyl (C=O) groups excluding carboxylic acids is 1. The molecule has 8 heteroatoms. The van der Waals surface area contributed by atoms with Gasteiger partial charge in [-0.15, -0.1) is 0 Å². The van der Waals surface area contributed by atoms with Crippen LogP contribution in [0.2, 0.25) is 0 Å². The van der Waals surface area contributed by atoms with Gasteiger partial charge in [0.15, 0.2) is 0 Å². The van der Waals surface area contributed by atoms with Crippen molar-refractivity contribution >= 4 is 23.1 Å². The Morgan fingerprint density at radius 2 is 2.03 bits per heavy atom. The molecule has 1 amide bonds. The van der Waals surface area contributed by atoms with E-state index in [0.717, 1.165) is 55.7 Å². The third-order valence-corrected chi connectivity index (χ3v) is 6.26. The number of hydrogen-bond donors (Lipinski definition) is 3. The van der Waals surface area contributed by atoms with Crippen LogP contribution < -0.4 is 16.0 Å². The molecular weight excluding hydrogens is 385 g/mol. The highest BCUT2D eigenvalue weighted by Gasteiger charge is 2.30. The van der Waals surface area contributed by atoms with Crippen LogP contribution in [0.3, 0.4) is 0 Å². The van der Waals surface area contributed by atoms with E-state index in [1.807, 2.05) is 4.90 Å². The maximum Gasteiger partial charge on any atom is 0.219 e. The number of nitrogens with one attached hydrogen (secondary N) is 2. The molecule has 0 bridgehead atoms. The van der Waals surface area contributed by atoms with Crippen LogP contribution in [0.4, 0.5) is 15.8 Å². The number of nitrogen functional groups attached to an aromatic ring is 1. The molecule has 3 heterocycles. The molecule has 3 aliphatic heterocycles.